The van der Waals surface area contributed by atoms with Gasteiger partial charge in [-0.3, -0.25) is 14.4 Å². The number of fused-ring (bicyclic) bond motifs is 3. The minimum absolute atomic E-state index is 0.146. The summed E-state index contributed by atoms with van der Waals surface area (Å²) in [6.45, 7) is 0. The third-order valence-corrected chi connectivity index (χ3v) is 4.44. The van der Waals surface area contributed by atoms with Crippen LogP contribution in [-0.2, 0) is 0 Å². The second-order valence-corrected chi connectivity index (χ2v) is 5.77. The molecule has 0 aliphatic carbocycles. The summed E-state index contributed by atoms with van der Waals surface area (Å²) in [6, 6.07) is 17.7. The minimum Gasteiger partial charge on any atom is -0.298 e. The van der Waals surface area contributed by atoms with Gasteiger partial charge in [-0.2, -0.15) is 0 Å². The third kappa shape index (κ3) is 2.02. The van der Waals surface area contributed by atoms with E-state index in [2.05, 4.69) is 12.1 Å². The lowest BCUT2D eigenvalue weighted by Gasteiger charge is -2.10. The minimum atomic E-state index is 0.146. The molecule has 0 bridgehead atoms. The van der Waals surface area contributed by atoms with E-state index in [1.54, 1.807) is 6.07 Å². The van der Waals surface area contributed by atoms with E-state index in [1.807, 2.05) is 36.4 Å². The van der Waals surface area contributed by atoms with Crippen LogP contribution in [0.1, 0.15) is 31.1 Å². The molecule has 0 aromatic heterocycles. The maximum atomic E-state index is 11.5. The van der Waals surface area contributed by atoms with Crippen molar-refractivity contribution in [2.45, 2.75) is 0 Å². The van der Waals surface area contributed by atoms with Crippen molar-refractivity contribution >= 4 is 51.2 Å². The van der Waals surface area contributed by atoms with Crippen LogP contribution in [0.5, 0.6) is 0 Å². The Morgan fingerprint density at radius 1 is 0.542 bits per heavy atom. The second-order valence-electron chi connectivity index (χ2n) is 5.77. The Bertz CT molecular complexity index is 1160. The van der Waals surface area contributed by atoms with Crippen molar-refractivity contribution < 1.29 is 14.4 Å². The number of hydrogen-bond donors (Lipinski definition) is 0. The fourth-order valence-corrected chi connectivity index (χ4v) is 3.26. The Kier molecular flexibility index (Phi) is 3.21. The van der Waals surface area contributed by atoms with Crippen LogP contribution in [-0.4, -0.2) is 18.9 Å². The van der Waals surface area contributed by atoms with Crippen LogP contribution in [0.3, 0.4) is 0 Å². The van der Waals surface area contributed by atoms with Crippen molar-refractivity contribution in [1.29, 1.82) is 0 Å². The van der Waals surface area contributed by atoms with Gasteiger partial charge >= 0.3 is 0 Å². The number of carbonyl (C=O) groups is 3. The zero-order valence-electron chi connectivity index (χ0n) is 12.7. The normalized spacial score (nSPS) is 11.0. The first-order valence-corrected chi connectivity index (χ1v) is 7.54. The van der Waals surface area contributed by atoms with Gasteiger partial charge in [-0.15, -0.1) is 0 Å². The molecular formula is C21H12O3. The summed E-state index contributed by atoms with van der Waals surface area (Å²) in [5, 5.41) is 5.69. The zero-order valence-corrected chi connectivity index (χ0v) is 12.7. The SMILES string of the molecule is O=Cc1cc2cc3cc4ccccc4cc3cc2c(C=O)c1C=O. The van der Waals surface area contributed by atoms with Gasteiger partial charge < -0.3 is 0 Å². The van der Waals surface area contributed by atoms with Gasteiger partial charge in [0.25, 0.3) is 0 Å². The highest BCUT2D eigenvalue weighted by molar-refractivity contribution is 6.14. The summed E-state index contributed by atoms with van der Waals surface area (Å²) < 4.78 is 0. The monoisotopic (exact) mass is 312 g/mol. The zero-order chi connectivity index (χ0) is 16.7. The van der Waals surface area contributed by atoms with Crippen molar-refractivity contribution in [2.75, 3.05) is 0 Å². The standard InChI is InChI=1S/C21H12O3/c22-10-18-8-17-7-15-5-13-3-1-2-4-14(13)6-16(15)9-19(17)21(12-24)20(18)11-23/h1-12H. The van der Waals surface area contributed by atoms with Gasteiger partial charge in [0.05, 0.1) is 0 Å². The molecule has 0 fully saturated rings. The molecule has 0 aliphatic rings. The van der Waals surface area contributed by atoms with Gasteiger partial charge in [-0.1, -0.05) is 24.3 Å². The fourth-order valence-electron chi connectivity index (χ4n) is 3.26. The summed E-state index contributed by atoms with van der Waals surface area (Å²) >= 11 is 0. The first-order valence-electron chi connectivity index (χ1n) is 7.54. The lowest BCUT2D eigenvalue weighted by atomic mass is 9.92. The number of aldehydes is 3. The Labute approximate surface area is 137 Å². The smallest absolute Gasteiger partial charge is 0.151 e. The van der Waals surface area contributed by atoms with Crippen LogP contribution in [0.4, 0.5) is 0 Å². The maximum absolute atomic E-state index is 11.5. The Hall–Kier alpha value is -3.33. The first kappa shape index (κ1) is 14.3. The molecule has 0 radical (unpaired) electrons. The largest absolute Gasteiger partial charge is 0.298 e. The molecule has 0 amide bonds. The Morgan fingerprint density at radius 2 is 1.12 bits per heavy atom. The molecule has 4 rings (SSSR count). The lowest BCUT2D eigenvalue weighted by molar-refractivity contribution is 0.108. The van der Waals surface area contributed by atoms with Gasteiger partial charge in [0.2, 0.25) is 0 Å². The van der Waals surface area contributed by atoms with E-state index in [0.29, 0.717) is 24.2 Å². The van der Waals surface area contributed by atoms with Gasteiger partial charge in [0.1, 0.15) is 0 Å². The molecule has 114 valence electrons. The summed E-state index contributed by atoms with van der Waals surface area (Å²) in [5.41, 5.74) is 0.645. The predicted molar refractivity (Wildman–Crippen MR) is 95.1 cm³/mol. The molecule has 24 heavy (non-hydrogen) atoms. The Balaban J connectivity index is 2.18. The second kappa shape index (κ2) is 5.39. The molecular weight excluding hydrogens is 300 g/mol. The van der Waals surface area contributed by atoms with E-state index in [0.717, 1.165) is 26.9 Å². The highest BCUT2D eigenvalue weighted by atomic mass is 16.1. The van der Waals surface area contributed by atoms with Crippen LogP contribution < -0.4 is 0 Å². The molecule has 0 aliphatic heterocycles. The van der Waals surface area contributed by atoms with Gasteiger partial charge in [-0.05, 0) is 62.6 Å². The van der Waals surface area contributed by atoms with E-state index in [4.69, 9.17) is 0 Å². The average molecular weight is 312 g/mol. The van der Waals surface area contributed by atoms with Gasteiger partial charge in [0.15, 0.2) is 18.9 Å². The molecule has 0 atom stereocenters. The number of carbonyl (C=O) groups excluding carboxylic acids is 3. The predicted octanol–water partition coefficient (Wildman–Crippen LogP) is 4.58. The van der Waals surface area contributed by atoms with Crippen LogP contribution in [0.2, 0.25) is 0 Å². The van der Waals surface area contributed by atoms with E-state index >= 15 is 0 Å². The number of benzene rings is 4. The number of rotatable bonds is 3. The van der Waals surface area contributed by atoms with Crippen molar-refractivity contribution in [1.82, 2.24) is 0 Å². The topological polar surface area (TPSA) is 51.2 Å². The van der Waals surface area contributed by atoms with E-state index in [9.17, 15) is 14.4 Å². The Morgan fingerprint density at radius 3 is 1.71 bits per heavy atom. The fraction of sp³-hybridized carbons (Fsp3) is 0. The van der Waals surface area contributed by atoms with Crippen molar-refractivity contribution in [2.24, 2.45) is 0 Å². The molecule has 0 saturated heterocycles. The summed E-state index contributed by atoms with van der Waals surface area (Å²) in [5.74, 6) is 0. The number of hydrogen-bond acceptors (Lipinski definition) is 3. The molecule has 0 N–H and O–H groups in total. The van der Waals surface area contributed by atoms with Crippen molar-refractivity contribution in [3.8, 4) is 0 Å². The molecule has 4 aromatic rings. The van der Waals surface area contributed by atoms with Crippen LogP contribution >= 0.6 is 0 Å². The molecule has 0 heterocycles. The summed E-state index contributed by atoms with van der Waals surface area (Å²) in [4.78, 5) is 34.1. The molecule has 3 nitrogen and oxygen atoms in total. The summed E-state index contributed by atoms with van der Waals surface area (Å²) in [7, 11) is 0. The molecule has 3 heteroatoms. The quantitative estimate of drug-likeness (QED) is 0.411. The van der Waals surface area contributed by atoms with Gasteiger partial charge in [0, 0.05) is 16.7 Å². The summed E-state index contributed by atoms with van der Waals surface area (Å²) in [6.07, 6.45) is 1.82. The first-order chi connectivity index (χ1) is 11.7. The van der Waals surface area contributed by atoms with Crippen molar-refractivity contribution in [3.63, 3.8) is 0 Å². The van der Waals surface area contributed by atoms with Crippen LogP contribution in [0, 0.1) is 0 Å². The van der Waals surface area contributed by atoms with E-state index < -0.39 is 0 Å². The van der Waals surface area contributed by atoms with E-state index in [1.165, 1.54) is 0 Å². The lowest BCUT2D eigenvalue weighted by Crippen LogP contribution is -1.99. The maximum Gasteiger partial charge on any atom is 0.151 e. The van der Waals surface area contributed by atoms with Crippen LogP contribution in [0.25, 0.3) is 32.3 Å². The molecule has 0 spiro atoms. The van der Waals surface area contributed by atoms with Crippen LogP contribution in [0.15, 0.2) is 54.6 Å². The molecule has 0 unspecified atom stereocenters. The van der Waals surface area contributed by atoms with Gasteiger partial charge in [-0.25, -0.2) is 0 Å². The third-order valence-electron chi connectivity index (χ3n) is 4.44. The van der Waals surface area contributed by atoms with Crippen molar-refractivity contribution in [3.05, 3.63) is 71.3 Å². The highest BCUT2D eigenvalue weighted by Crippen LogP contribution is 2.30. The molecule has 4 aromatic carbocycles. The molecule has 0 saturated carbocycles. The average Bonchev–Trinajstić information content (AvgIpc) is 2.62. The van der Waals surface area contributed by atoms with E-state index in [-0.39, 0.29) is 16.7 Å². The highest BCUT2D eigenvalue weighted by Gasteiger charge is 2.13.